The van der Waals surface area contributed by atoms with Crippen LogP contribution in [-0.2, 0) is 0 Å². The minimum absolute atomic E-state index is 0.0921. The molecule has 1 nitrogen and oxygen atoms in total. The number of halogens is 1. The quantitative estimate of drug-likeness (QED) is 0.844. The summed E-state index contributed by atoms with van der Waals surface area (Å²) in [5, 5.41) is 3.48. The lowest BCUT2D eigenvalue weighted by Crippen LogP contribution is -2.34. The van der Waals surface area contributed by atoms with Crippen LogP contribution in [0, 0.1) is 24.1 Å². The van der Waals surface area contributed by atoms with Gasteiger partial charge in [0.05, 0.1) is 0 Å². The van der Waals surface area contributed by atoms with E-state index in [-0.39, 0.29) is 5.82 Å². The lowest BCUT2D eigenvalue weighted by Gasteiger charge is -2.41. The summed E-state index contributed by atoms with van der Waals surface area (Å²) in [6, 6.07) is 5.54. The molecule has 20 heavy (non-hydrogen) atoms. The molecule has 1 aliphatic rings. The molecule has 1 N–H and O–H groups in total. The largest absolute Gasteiger partial charge is 0.317 e. The zero-order valence-corrected chi connectivity index (χ0v) is 13.3. The highest BCUT2D eigenvalue weighted by Gasteiger charge is 2.35. The predicted octanol–water partition coefficient (Wildman–Crippen LogP) is 4.65. The highest BCUT2D eigenvalue weighted by atomic mass is 19.1. The van der Waals surface area contributed by atoms with Crippen molar-refractivity contribution in [3.05, 3.63) is 35.1 Å². The monoisotopic (exact) mass is 277 g/mol. The highest BCUT2D eigenvalue weighted by molar-refractivity contribution is 5.28. The van der Waals surface area contributed by atoms with Gasteiger partial charge in [0, 0.05) is 0 Å². The second-order valence-corrected chi connectivity index (χ2v) is 7.14. The molecule has 2 rings (SSSR count). The molecule has 2 unspecified atom stereocenters. The van der Waals surface area contributed by atoms with Crippen LogP contribution < -0.4 is 5.32 Å². The maximum absolute atomic E-state index is 13.7. The highest BCUT2D eigenvalue weighted by Crippen LogP contribution is 2.46. The molecule has 1 aliphatic carbocycles. The summed E-state index contributed by atoms with van der Waals surface area (Å²) in [5.41, 5.74) is 2.59. The smallest absolute Gasteiger partial charge is 0.123 e. The van der Waals surface area contributed by atoms with Crippen molar-refractivity contribution in [1.82, 2.24) is 5.32 Å². The molecule has 2 heteroatoms. The molecule has 0 amide bonds. The molecule has 0 heterocycles. The second-order valence-electron chi connectivity index (χ2n) is 7.14. The maximum Gasteiger partial charge on any atom is 0.123 e. The Labute approximate surface area is 123 Å². The van der Waals surface area contributed by atoms with Crippen molar-refractivity contribution in [3.63, 3.8) is 0 Å². The molecular formula is C18H28FN. The molecular weight excluding hydrogens is 249 g/mol. The van der Waals surface area contributed by atoms with Crippen molar-refractivity contribution in [3.8, 4) is 0 Å². The second kappa shape index (κ2) is 6.26. The molecule has 0 radical (unpaired) electrons. The third kappa shape index (κ3) is 3.82. The molecule has 112 valence electrons. The van der Waals surface area contributed by atoms with Crippen molar-refractivity contribution in [1.29, 1.82) is 0 Å². The van der Waals surface area contributed by atoms with Gasteiger partial charge < -0.3 is 5.32 Å². The molecule has 0 saturated heterocycles. The molecule has 1 aromatic carbocycles. The van der Waals surface area contributed by atoms with Gasteiger partial charge in [-0.15, -0.1) is 0 Å². The maximum atomic E-state index is 13.7. The van der Waals surface area contributed by atoms with Gasteiger partial charge >= 0.3 is 0 Å². The Morgan fingerprint density at radius 1 is 1.30 bits per heavy atom. The first-order valence-electron chi connectivity index (χ1n) is 7.89. The van der Waals surface area contributed by atoms with Crippen molar-refractivity contribution >= 4 is 0 Å². The average molecular weight is 277 g/mol. The summed E-state index contributed by atoms with van der Waals surface area (Å²) in [5.74, 6) is 1.02. The van der Waals surface area contributed by atoms with E-state index in [0.717, 1.165) is 25.1 Å². The summed E-state index contributed by atoms with van der Waals surface area (Å²) in [6.07, 6.45) is 3.67. The van der Waals surface area contributed by atoms with E-state index in [4.69, 9.17) is 0 Å². The minimum atomic E-state index is -0.0921. The van der Waals surface area contributed by atoms with Gasteiger partial charge in [-0.1, -0.05) is 26.8 Å². The number of benzene rings is 1. The van der Waals surface area contributed by atoms with Crippen LogP contribution in [0.25, 0.3) is 0 Å². The van der Waals surface area contributed by atoms with E-state index in [1.807, 2.05) is 6.92 Å². The van der Waals surface area contributed by atoms with Crippen LogP contribution in [-0.4, -0.2) is 13.1 Å². The topological polar surface area (TPSA) is 12.0 Å². The molecule has 0 spiro atoms. The molecule has 0 aromatic heterocycles. The SMILES string of the molecule is CCNCC1CCC(C)(C)CC1c1cc(C)cc(F)c1. The predicted molar refractivity (Wildman–Crippen MR) is 83.5 cm³/mol. The Bertz CT molecular complexity index is 432. The summed E-state index contributed by atoms with van der Waals surface area (Å²) < 4.78 is 13.7. The van der Waals surface area contributed by atoms with Crippen molar-refractivity contribution in [2.75, 3.05) is 13.1 Å². The molecule has 0 bridgehead atoms. The zero-order chi connectivity index (χ0) is 14.8. The standard InChI is InChI=1S/C18H28FN/c1-5-20-12-14-6-7-18(3,4)11-17(14)15-8-13(2)9-16(19)10-15/h8-10,14,17,20H,5-7,11-12H2,1-4H3. The first-order chi connectivity index (χ1) is 9.41. The fraction of sp³-hybridized carbons (Fsp3) is 0.667. The van der Waals surface area contributed by atoms with E-state index >= 15 is 0 Å². The minimum Gasteiger partial charge on any atom is -0.317 e. The van der Waals surface area contributed by atoms with Gasteiger partial charge in [-0.2, -0.15) is 0 Å². The Morgan fingerprint density at radius 3 is 2.70 bits per heavy atom. The van der Waals surface area contributed by atoms with Crippen LogP contribution in [0.1, 0.15) is 57.1 Å². The Kier molecular flexibility index (Phi) is 4.85. The van der Waals surface area contributed by atoms with Gasteiger partial charge in [0.2, 0.25) is 0 Å². The molecule has 2 atom stereocenters. The van der Waals surface area contributed by atoms with Gasteiger partial charge in [-0.3, -0.25) is 0 Å². The van der Waals surface area contributed by atoms with Crippen LogP contribution in [0.4, 0.5) is 4.39 Å². The third-order valence-electron chi connectivity index (χ3n) is 4.68. The van der Waals surface area contributed by atoms with Crippen molar-refractivity contribution < 1.29 is 4.39 Å². The first kappa shape index (κ1) is 15.5. The van der Waals surface area contributed by atoms with Crippen LogP contribution in [0.15, 0.2) is 18.2 Å². The van der Waals surface area contributed by atoms with E-state index in [0.29, 0.717) is 17.3 Å². The van der Waals surface area contributed by atoms with E-state index in [9.17, 15) is 4.39 Å². The molecule has 1 aromatic rings. The van der Waals surface area contributed by atoms with Crippen molar-refractivity contribution in [2.24, 2.45) is 11.3 Å². The normalized spacial score (nSPS) is 25.6. The van der Waals surface area contributed by atoms with Crippen molar-refractivity contribution in [2.45, 2.75) is 52.9 Å². The first-order valence-corrected chi connectivity index (χ1v) is 7.89. The fourth-order valence-corrected chi connectivity index (χ4v) is 3.58. The number of hydrogen-bond acceptors (Lipinski definition) is 1. The third-order valence-corrected chi connectivity index (χ3v) is 4.68. The molecule has 1 fully saturated rings. The van der Waals surface area contributed by atoms with Gasteiger partial charge in [0.25, 0.3) is 0 Å². The van der Waals surface area contributed by atoms with Crippen LogP contribution >= 0.6 is 0 Å². The summed E-state index contributed by atoms with van der Waals surface area (Å²) in [4.78, 5) is 0. The summed E-state index contributed by atoms with van der Waals surface area (Å²) in [7, 11) is 0. The van der Waals surface area contributed by atoms with Gasteiger partial charge in [-0.05, 0) is 79.8 Å². The lowest BCUT2D eigenvalue weighted by atomic mass is 9.65. The van der Waals surface area contributed by atoms with E-state index in [2.05, 4.69) is 32.2 Å². The van der Waals surface area contributed by atoms with E-state index < -0.39 is 0 Å². The fourth-order valence-electron chi connectivity index (χ4n) is 3.58. The average Bonchev–Trinajstić information content (AvgIpc) is 2.35. The molecule has 0 aliphatic heterocycles. The van der Waals surface area contributed by atoms with Gasteiger partial charge in [0.1, 0.15) is 5.82 Å². The van der Waals surface area contributed by atoms with Crippen LogP contribution in [0.3, 0.4) is 0 Å². The summed E-state index contributed by atoms with van der Waals surface area (Å²) >= 11 is 0. The Hall–Kier alpha value is -0.890. The van der Waals surface area contributed by atoms with E-state index in [1.165, 1.54) is 18.4 Å². The van der Waals surface area contributed by atoms with E-state index in [1.54, 1.807) is 12.1 Å². The Morgan fingerprint density at radius 2 is 2.05 bits per heavy atom. The Balaban J connectivity index is 2.25. The zero-order valence-electron chi connectivity index (χ0n) is 13.3. The molecule has 1 saturated carbocycles. The number of hydrogen-bond donors (Lipinski definition) is 1. The van der Waals surface area contributed by atoms with Gasteiger partial charge in [-0.25, -0.2) is 4.39 Å². The lowest BCUT2D eigenvalue weighted by molar-refractivity contribution is 0.160. The number of rotatable bonds is 4. The summed E-state index contributed by atoms with van der Waals surface area (Å²) in [6.45, 7) is 10.9. The van der Waals surface area contributed by atoms with Crippen LogP contribution in [0.2, 0.25) is 0 Å². The number of aryl methyl sites for hydroxylation is 1. The number of nitrogens with one attached hydrogen (secondary N) is 1. The van der Waals surface area contributed by atoms with Crippen LogP contribution in [0.5, 0.6) is 0 Å². The van der Waals surface area contributed by atoms with Gasteiger partial charge in [0.15, 0.2) is 0 Å².